The van der Waals surface area contributed by atoms with E-state index in [-0.39, 0.29) is 12.3 Å². The van der Waals surface area contributed by atoms with Crippen LogP contribution < -0.4 is 4.74 Å². The zero-order valence-corrected chi connectivity index (χ0v) is 21.1. The molecule has 0 radical (unpaired) electrons. The van der Waals surface area contributed by atoms with E-state index in [1.165, 1.54) is 5.56 Å². The minimum absolute atomic E-state index is 0.173. The van der Waals surface area contributed by atoms with Gasteiger partial charge in [-0.15, -0.1) is 0 Å². The van der Waals surface area contributed by atoms with Crippen LogP contribution in [0.15, 0.2) is 60.8 Å². The van der Waals surface area contributed by atoms with Gasteiger partial charge in [-0.25, -0.2) is 4.39 Å². The van der Waals surface area contributed by atoms with Gasteiger partial charge in [-0.3, -0.25) is 9.78 Å². The third kappa shape index (κ3) is 7.03. The maximum absolute atomic E-state index is 15.5. The number of hydrogen-bond acceptors (Lipinski definition) is 4. The molecule has 1 N–H and O–H groups in total. The summed E-state index contributed by atoms with van der Waals surface area (Å²) in [4.78, 5) is 18.1. The van der Waals surface area contributed by atoms with Crippen LogP contribution >= 0.6 is 0 Å². The van der Waals surface area contributed by atoms with Gasteiger partial charge in [0.2, 0.25) is 0 Å². The number of piperidine rings is 1. The Morgan fingerprint density at radius 1 is 1.17 bits per heavy atom. The zero-order chi connectivity index (χ0) is 25.3. The molecule has 0 bridgehead atoms. The molecule has 3 aromatic rings. The van der Waals surface area contributed by atoms with Crippen LogP contribution in [-0.4, -0.2) is 47.7 Å². The summed E-state index contributed by atoms with van der Waals surface area (Å²) >= 11 is 0. The Morgan fingerprint density at radius 3 is 2.78 bits per heavy atom. The molecule has 6 heteroatoms. The largest absolute Gasteiger partial charge is 0.497 e. The van der Waals surface area contributed by atoms with E-state index in [1.54, 1.807) is 19.4 Å². The first-order valence-electron chi connectivity index (χ1n) is 13.1. The van der Waals surface area contributed by atoms with Crippen molar-refractivity contribution in [3.63, 3.8) is 0 Å². The molecule has 2 aromatic carbocycles. The number of hydrogen-bond donors (Lipinski definition) is 1. The highest BCUT2D eigenvalue weighted by molar-refractivity contribution is 5.83. The third-order valence-corrected chi connectivity index (χ3v) is 7.60. The molecule has 2 heterocycles. The van der Waals surface area contributed by atoms with Crippen molar-refractivity contribution >= 4 is 16.9 Å². The van der Waals surface area contributed by atoms with Crippen LogP contribution in [0.4, 0.5) is 4.39 Å². The lowest BCUT2D eigenvalue weighted by atomic mass is 9.79. The van der Waals surface area contributed by atoms with Crippen LogP contribution in [0.3, 0.4) is 0 Å². The highest BCUT2D eigenvalue weighted by Gasteiger charge is 2.30. The van der Waals surface area contributed by atoms with Gasteiger partial charge in [0.15, 0.2) is 0 Å². The van der Waals surface area contributed by atoms with Gasteiger partial charge in [-0.05, 0) is 98.8 Å². The molecule has 5 nitrogen and oxygen atoms in total. The highest BCUT2D eigenvalue weighted by Crippen LogP contribution is 2.36. The van der Waals surface area contributed by atoms with E-state index in [0.29, 0.717) is 30.1 Å². The maximum Gasteiger partial charge on any atom is 0.303 e. The number of alkyl halides is 1. The number of carboxylic acid groups (broad SMARTS) is 1. The van der Waals surface area contributed by atoms with E-state index >= 15 is 4.39 Å². The molecule has 1 aliphatic heterocycles. The Morgan fingerprint density at radius 2 is 2.00 bits per heavy atom. The minimum Gasteiger partial charge on any atom is -0.497 e. The number of aryl methyl sites for hydroxylation is 1. The van der Waals surface area contributed by atoms with Crippen LogP contribution in [0.5, 0.6) is 5.75 Å². The number of fused-ring (bicyclic) bond motifs is 1. The number of likely N-dealkylation sites (tertiary alicyclic amines) is 1. The fourth-order valence-corrected chi connectivity index (χ4v) is 5.59. The number of rotatable bonds is 12. The number of ether oxygens (including phenoxy) is 1. The smallest absolute Gasteiger partial charge is 0.303 e. The van der Waals surface area contributed by atoms with E-state index in [0.717, 1.165) is 56.2 Å². The third-order valence-electron chi connectivity index (χ3n) is 7.60. The summed E-state index contributed by atoms with van der Waals surface area (Å²) in [5, 5.41) is 10.1. The minimum atomic E-state index is -1.09. The molecule has 0 amide bonds. The first-order valence-corrected chi connectivity index (χ1v) is 13.1. The monoisotopic (exact) mass is 492 g/mol. The number of methoxy groups -OCH3 is 1. The Bertz CT molecular complexity index is 1120. The van der Waals surface area contributed by atoms with Gasteiger partial charge >= 0.3 is 5.97 Å². The summed E-state index contributed by atoms with van der Waals surface area (Å²) in [6.07, 6.45) is 5.73. The molecule has 4 rings (SSSR count). The predicted molar refractivity (Wildman–Crippen MR) is 141 cm³/mol. The molecule has 2 unspecified atom stereocenters. The molecular weight excluding hydrogens is 455 g/mol. The lowest BCUT2D eigenvalue weighted by Gasteiger charge is -2.39. The fraction of sp³-hybridized carbons (Fsp3) is 0.467. The summed E-state index contributed by atoms with van der Waals surface area (Å²) in [6.45, 7) is 2.91. The van der Waals surface area contributed by atoms with Gasteiger partial charge in [-0.1, -0.05) is 30.3 Å². The molecule has 3 atom stereocenters. The summed E-state index contributed by atoms with van der Waals surface area (Å²) in [7, 11) is 1.61. The molecular formula is C30H37FN2O3. The fourth-order valence-electron chi connectivity index (χ4n) is 5.59. The van der Waals surface area contributed by atoms with Crippen molar-refractivity contribution in [3.05, 3.63) is 71.9 Å². The average molecular weight is 493 g/mol. The lowest BCUT2D eigenvalue weighted by molar-refractivity contribution is -0.137. The molecule has 0 spiro atoms. The second-order valence-corrected chi connectivity index (χ2v) is 9.96. The SMILES string of the molecule is COc1ccc2nccc([C@@H](F)CCC3CCN(CCCc4ccccc4)CC3CCC(=O)O)c2c1. The van der Waals surface area contributed by atoms with Crippen molar-refractivity contribution in [3.8, 4) is 5.75 Å². The quantitative estimate of drug-likeness (QED) is 0.314. The highest BCUT2D eigenvalue weighted by atomic mass is 19.1. The van der Waals surface area contributed by atoms with Crippen molar-refractivity contribution in [1.82, 2.24) is 9.88 Å². The number of halogens is 1. The van der Waals surface area contributed by atoms with Gasteiger partial charge in [0.25, 0.3) is 0 Å². The van der Waals surface area contributed by atoms with Crippen LogP contribution in [0.2, 0.25) is 0 Å². The molecule has 1 fully saturated rings. The van der Waals surface area contributed by atoms with E-state index in [9.17, 15) is 9.90 Å². The Labute approximate surface area is 213 Å². The molecule has 192 valence electrons. The number of carboxylic acids is 1. The number of aromatic nitrogens is 1. The molecule has 1 aromatic heterocycles. The Hall–Kier alpha value is -2.99. The summed E-state index contributed by atoms with van der Waals surface area (Å²) in [5.41, 5.74) is 2.77. The number of carbonyl (C=O) groups is 1. The molecule has 0 saturated carbocycles. The molecule has 0 aliphatic carbocycles. The zero-order valence-electron chi connectivity index (χ0n) is 21.1. The molecule has 36 heavy (non-hydrogen) atoms. The predicted octanol–water partition coefficient (Wildman–Crippen LogP) is 6.47. The second-order valence-electron chi connectivity index (χ2n) is 9.96. The number of nitrogens with zero attached hydrogens (tertiary/aromatic N) is 2. The van der Waals surface area contributed by atoms with Crippen LogP contribution in [0.25, 0.3) is 10.9 Å². The summed E-state index contributed by atoms with van der Waals surface area (Å²) < 4.78 is 20.9. The van der Waals surface area contributed by atoms with Crippen LogP contribution in [0, 0.1) is 11.8 Å². The second kappa shape index (κ2) is 12.8. The van der Waals surface area contributed by atoms with Gasteiger partial charge < -0.3 is 14.7 Å². The van der Waals surface area contributed by atoms with Crippen molar-refractivity contribution < 1.29 is 19.0 Å². The topological polar surface area (TPSA) is 62.7 Å². The lowest BCUT2D eigenvalue weighted by Crippen LogP contribution is -2.41. The maximum atomic E-state index is 15.5. The van der Waals surface area contributed by atoms with Crippen molar-refractivity contribution in [1.29, 1.82) is 0 Å². The van der Waals surface area contributed by atoms with Crippen molar-refractivity contribution in [2.75, 3.05) is 26.7 Å². The van der Waals surface area contributed by atoms with Gasteiger partial charge in [0.1, 0.15) is 11.9 Å². The van der Waals surface area contributed by atoms with Gasteiger partial charge in [0, 0.05) is 24.5 Å². The molecule has 1 saturated heterocycles. The normalized spacial score (nSPS) is 19.3. The van der Waals surface area contributed by atoms with E-state index in [2.05, 4.69) is 34.1 Å². The summed E-state index contributed by atoms with van der Waals surface area (Å²) in [5.74, 6) is 0.566. The van der Waals surface area contributed by atoms with E-state index in [4.69, 9.17) is 4.74 Å². The molecule has 1 aliphatic rings. The number of benzene rings is 2. The first kappa shape index (κ1) is 26.1. The van der Waals surface area contributed by atoms with Gasteiger partial charge in [-0.2, -0.15) is 0 Å². The van der Waals surface area contributed by atoms with Crippen molar-refractivity contribution in [2.45, 2.75) is 51.1 Å². The van der Waals surface area contributed by atoms with Crippen molar-refractivity contribution in [2.24, 2.45) is 11.8 Å². The van der Waals surface area contributed by atoms with E-state index < -0.39 is 12.1 Å². The summed E-state index contributed by atoms with van der Waals surface area (Å²) in [6, 6.07) is 17.8. The van der Waals surface area contributed by atoms with E-state index in [1.807, 2.05) is 24.3 Å². The number of pyridine rings is 1. The average Bonchev–Trinajstić information content (AvgIpc) is 2.91. The Balaban J connectivity index is 1.35. The standard InChI is InChI=1S/C30H37FN2O3/c1-36-25-11-13-29-27(20-25)26(15-17-32-29)28(31)12-9-23-16-19-33(21-24(23)10-14-30(34)35)18-5-8-22-6-3-2-4-7-22/h2-4,6-7,11,13,15,17,20,23-24,28H,5,8-10,12,14,16,18-19,21H2,1H3,(H,34,35)/t23?,24?,28-/m0/s1. The Kier molecular flexibility index (Phi) is 9.29. The first-order chi connectivity index (χ1) is 17.5. The van der Waals surface area contributed by atoms with Crippen LogP contribution in [-0.2, 0) is 11.2 Å². The van der Waals surface area contributed by atoms with Gasteiger partial charge in [0.05, 0.1) is 12.6 Å². The number of aliphatic carboxylic acids is 1. The van der Waals surface area contributed by atoms with Crippen LogP contribution in [0.1, 0.15) is 55.8 Å².